The Hall–Kier alpha value is -0.270. The molecule has 0 saturated heterocycles. The third kappa shape index (κ3) is 18.6. The van der Waals surface area contributed by atoms with E-state index in [9.17, 15) is 0 Å². The molecular formula is C5H7ClN3NaO3. The van der Waals surface area contributed by atoms with Crippen molar-refractivity contribution in [2.75, 3.05) is 6.61 Å². The molecule has 0 atom stereocenters. The Morgan fingerprint density at radius 2 is 1.69 bits per heavy atom. The standard InChI is InChI=1S/C3H3N3.C2H4O3.ClH.Na/c1-2-4-6-5-3-1;3-1-2(4)5;;/h1-3H;3H,1H2,(H,4,5);1H;/q;;;+1/p-1. The minimum absolute atomic E-state index is 0. The summed E-state index contributed by atoms with van der Waals surface area (Å²) in [7, 11) is 0. The SMILES string of the molecule is O=C(O)CO.[Cl-].[Na+].c1cnnnc1. The van der Waals surface area contributed by atoms with Crippen LogP contribution in [0, 0.1) is 0 Å². The summed E-state index contributed by atoms with van der Waals surface area (Å²) in [5.41, 5.74) is 0. The first-order valence-electron chi connectivity index (χ1n) is 2.68. The Labute approximate surface area is 103 Å². The summed E-state index contributed by atoms with van der Waals surface area (Å²) in [6.07, 6.45) is 3.15. The van der Waals surface area contributed by atoms with Crippen LogP contribution >= 0.6 is 0 Å². The summed E-state index contributed by atoms with van der Waals surface area (Å²) < 4.78 is 0. The number of aliphatic hydroxyl groups excluding tert-OH is 1. The van der Waals surface area contributed by atoms with E-state index in [4.69, 9.17) is 15.0 Å². The number of aliphatic carboxylic acids is 1. The van der Waals surface area contributed by atoms with E-state index in [2.05, 4.69) is 15.4 Å². The Kier molecular flexibility index (Phi) is 20.3. The second-order valence-corrected chi connectivity index (χ2v) is 1.36. The Bertz CT molecular complexity index is 175. The molecule has 1 rings (SSSR count). The van der Waals surface area contributed by atoms with E-state index in [0.29, 0.717) is 0 Å². The van der Waals surface area contributed by atoms with Crippen molar-refractivity contribution in [3.05, 3.63) is 18.5 Å². The van der Waals surface area contributed by atoms with Crippen molar-refractivity contribution in [1.29, 1.82) is 0 Å². The second kappa shape index (κ2) is 14.3. The summed E-state index contributed by atoms with van der Waals surface area (Å²) >= 11 is 0. The van der Waals surface area contributed by atoms with Crippen LogP contribution < -0.4 is 42.0 Å². The van der Waals surface area contributed by atoms with Gasteiger partial charge in [0.2, 0.25) is 0 Å². The molecule has 1 aromatic heterocycles. The van der Waals surface area contributed by atoms with Gasteiger partial charge in [0.1, 0.15) is 6.61 Å². The minimum Gasteiger partial charge on any atom is -1.00 e. The van der Waals surface area contributed by atoms with Gasteiger partial charge in [-0.1, -0.05) is 0 Å². The quantitative estimate of drug-likeness (QED) is 0.452. The summed E-state index contributed by atoms with van der Waals surface area (Å²) in [4.78, 5) is 9.12. The molecule has 0 aliphatic heterocycles. The molecule has 0 aliphatic carbocycles. The summed E-state index contributed by atoms with van der Waals surface area (Å²) in [5.74, 6) is -1.19. The fraction of sp³-hybridized carbons (Fsp3) is 0.200. The van der Waals surface area contributed by atoms with Crippen LogP contribution in [-0.2, 0) is 4.79 Å². The van der Waals surface area contributed by atoms with Crippen LogP contribution in [0.5, 0.6) is 0 Å². The molecule has 2 N–H and O–H groups in total. The van der Waals surface area contributed by atoms with Gasteiger partial charge in [-0.3, -0.25) is 0 Å². The van der Waals surface area contributed by atoms with Gasteiger partial charge in [-0.25, -0.2) is 4.79 Å². The van der Waals surface area contributed by atoms with Crippen molar-refractivity contribution >= 4 is 5.97 Å². The maximum atomic E-state index is 9.12. The van der Waals surface area contributed by atoms with E-state index in [-0.39, 0.29) is 42.0 Å². The molecule has 0 aliphatic rings. The molecule has 0 saturated carbocycles. The van der Waals surface area contributed by atoms with Crippen LogP contribution in [0.25, 0.3) is 0 Å². The number of carboxylic acid groups (broad SMARTS) is 1. The Morgan fingerprint density at radius 1 is 1.31 bits per heavy atom. The van der Waals surface area contributed by atoms with E-state index in [1.54, 1.807) is 18.5 Å². The Morgan fingerprint density at radius 3 is 1.77 bits per heavy atom. The van der Waals surface area contributed by atoms with E-state index < -0.39 is 12.6 Å². The van der Waals surface area contributed by atoms with Crippen molar-refractivity contribution in [2.24, 2.45) is 0 Å². The number of halogens is 1. The van der Waals surface area contributed by atoms with Crippen LogP contribution in [0.4, 0.5) is 0 Å². The number of rotatable bonds is 1. The van der Waals surface area contributed by atoms with Gasteiger partial charge < -0.3 is 22.6 Å². The number of nitrogens with zero attached hydrogens (tertiary/aromatic N) is 3. The van der Waals surface area contributed by atoms with Crippen LogP contribution in [0.1, 0.15) is 0 Å². The molecular weight excluding hydrogens is 209 g/mol. The van der Waals surface area contributed by atoms with Crippen LogP contribution in [0.15, 0.2) is 18.5 Å². The zero-order valence-corrected chi connectivity index (χ0v) is 9.72. The van der Waals surface area contributed by atoms with E-state index >= 15 is 0 Å². The van der Waals surface area contributed by atoms with Gasteiger partial charge in [0.05, 0.1) is 12.4 Å². The zero-order chi connectivity index (χ0) is 8.53. The number of carboxylic acids is 1. The minimum atomic E-state index is -1.19. The first-order valence-corrected chi connectivity index (χ1v) is 2.68. The molecule has 13 heavy (non-hydrogen) atoms. The van der Waals surface area contributed by atoms with Crippen molar-refractivity contribution in [1.82, 2.24) is 15.4 Å². The van der Waals surface area contributed by atoms with Crippen molar-refractivity contribution in [3.8, 4) is 0 Å². The van der Waals surface area contributed by atoms with E-state index in [1.165, 1.54) is 0 Å². The third-order valence-corrected chi connectivity index (χ3v) is 0.544. The monoisotopic (exact) mass is 215 g/mol. The van der Waals surface area contributed by atoms with Gasteiger partial charge in [0.15, 0.2) is 0 Å². The molecule has 68 valence electrons. The number of aromatic nitrogens is 3. The Balaban J connectivity index is -0.000000136. The largest absolute Gasteiger partial charge is 1.00 e. The zero-order valence-electron chi connectivity index (χ0n) is 6.96. The third-order valence-electron chi connectivity index (χ3n) is 0.544. The predicted molar refractivity (Wildman–Crippen MR) is 34.5 cm³/mol. The maximum Gasteiger partial charge on any atom is 1.00 e. The maximum absolute atomic E-state index is 9.12. The molecule has 0 radical (unpaired) electrons. The molecule has 1 heterocycles. The van der Waals surface area contributed by atoms with Crippen LogP contribution in [-0.4, -0.2) is 38.2 Å². The average molecular weight is 216 g/mol. The molecule has 0 fully saturated rings. The molecule has 0 spiro atoms. The van der Waals surface area contributed by atoms with Gasteiger partial charge in [-0.2, -0.15) is 0 Å². The van der Waals surface area contributed by atoms with Crippen molar-refractivity contribution < 1.29 is 57.0 Å². The molecule has 0 aromatic carbocycles. The fourth-order valence-electron chi connectivity index (χ4n) is 0.205. The average Bonchev–Trinajstić information content (AvgIpc) is 2.09. The van der Waals surface area contributed by atoms with Crippen molar-refractivity contribution in [3.63, 3.8) is 0 Å². The van der Waals surface area contributed by atoms with E-state index in [0.717, 1.165) is 0 Å². The molecule has 0 bridgehead atoms. The summed E-state index contributed by atoms with van der Waals surface area (Å²) in [6.45, 7) is -0.778. The number of hydrogen-bond donors (Lipinski definition) is 2. The number of aliphatic hydroxyl groups is 1. The molecule has 0 amide bonds. The molecule has 6 nitrogen and oxygen atoms in total. The van der Waals surface area contributed by atoms with Gasteiger partial charge in [-0.05, 0) is 11.3 Å². The summed E-state index contributed by atoms with van der Waals surface area (Å²) in [6, 6.07) is 1.72. The molecule has 1 aromatic rings. The predicted octanol–water partition coefficient (Wildman–Crippen LogP) is -7.06. The smallest absolute Gasteiger partial charge is 1.00 e. The van der Waals surface area contributed by atoms with Gasteiger partial charge in [0, 0.05) is 0 Å². The van der Waals surface area contributed by atoms with Gasteiger partial charge in [0.25, 0.3) is 0 Å². The second-order valence-electron chi connectivity index (χ2n) is 1.36. The first kappa shape index (κ1) is 18.5. The van der Waals surface area contributed by atoms with Gasteiger partial charge in [-0.15, -0.1) is 10.2 Å². The number of hydrogen-bond acceptors (Lipinski definition) is 5. The van der Waals surface area contributed by atoms with Crippen LogP contribution in [0.3, 0.4) is 0 Å². The first-order chi connectivity index (χ1) is 5.27. The summed E-state index contributed by atoms with van der Waals surface area (Å²) in [5, 5.41) is 25.1. The van der Waals surface area contributed by atoms with E-state index in [1.807, 2.05) is 0 Å². The van der Waals surface area contributed by atoms with Crippen LogP contribution in [0.2, 0.25) is 0 Å². The molecule has 8 heteroatoms. The number of carbonyl (C=O) groups is 1. The topological polar surface area (TPSA) is 96.2 Å². The van der Waals surface area contributed by atoms with Crippen molar-refractivity contribution in [2.45, 2.75) is 0 Å². The molecule has 0 unspecified atom stereocenters. The fourth-order valence-corrected chi connectivity index (χ4v) is 0.205. The normalized spacial score (nSPS) is 6.54. The van der Waals surface area contributed by atoms with Gasteiger partial charge >= 0.3 is 35.5 Å².